The van der Waals surface area contributed by atoms with Gasteiger partial charge in [0, 0.05) is 24.2 Å². The summed E-state index contributed by atoms with van der Waals surface area (Å²) in [5.41, 5.74) is 1.38. The number of rotatable bonds is 3. The fourth-order valence-electron chi connectivity index (χ4n) is 3.01. The lowest BCUT2D eigenvalue weighted by atomic mass is 9.89. The summed E-state index contributed by atoms with van der Waals surface area (Å²) in [6.45, 7) is 9.36. The average Bonchev–Trinajstić information content (AvgIpc) is 2.28. The molecule has 0 amide bonds. The van der Waals surface area contributed by atoms with Gasteiger partial charge in [-0.2, -0.15) is 0 Å². The maximum atomic E-state index is 6.13. The van der Waals surface area contributed by atoms with Crippen molar-refractivity contribution in [2.24, 2.45) is 11.8 Å². The summed E-state index contributed by atoms with van der Waals surface area (Å²) in [7, 11) is 0. The van der Waals surface area contributed by atoms with Gasteiger partial charge in [0.05, 0.1) is 0 Å². The van der Waals surface area contributed by atoms with Crippen molar-refractivity contribution in [3.05, 3.63) is 34.9 Å². The molecule has 2 atom stereocenters. The molecule has 100 valence electrons. The fraction of sp³-hybridized carbons (Fsp3) is 0.625. The zero-order valence-electron chi connectivity index (χ0n) is 11.7. The third-order valence-electron chi connectivity index (χ3n) is 3.75. The average molecular weight is 266 g/mol. The third kappa shape index (κ3) is 3.49. The van der Waals surface area contributed by atoms with E-state index >= 15 is 0 Å². The predicted molar refractivity (Wildman–Crippen MR) is 79.0 cm³/mol. The molecular formula is C16H24ClN. The highest BCUT2D eigenvalue weighted by atomic mass is 35.5. The summed E-state index contributed by atoms with van der Waals surface area (Å²) < 4.78 is 0. The lowest BCUT2D eigenvalue weighted by Crippen LogP contribution is -2.39. The summed E-state index contributed by atoms with van der Waals surface area (Å²) >= 11 is 6.13. The highest BCUT2D eigenvalue weighted by Crippen LogP contribution is 2.34. The summed E-state index contributed by atoms with van der Waals surface area (Å²) in [4.78, 5) is 2.64. The van der Waals surface area contributed by atoms with Crippen LogP contribution < -0.4 is 0 Å². The molecule has 1 aromatic rings. The van der Waals surface area contributed by atoms with Gasteiger partial charge in [0.25, 0.3) is 0 Å². The molecule has 2 rings (SSSR count). The van der Waals surface area contributed by atoms with Crippen LogP contribution in [0.15, 0.2) is 24.3 Å². The second kappa shape index (κ2) is 6.08. The molecule has 1 unspecified atom stereocenters. The Morgan fingerprint density at radius 2 is 2.11 bits per heavy atom. The normalized spacial score (nSPS) is 25.6. The third-order valence-corrected chi connectivity index (χ3v) is 3.99. The van der Waals surface area contributed by atoms with Crippen molar-refractivity contribution >= 4 is 11.6 Å². The van der Waals surface area contributed by atoms with Crippen molar-refractivity contribution in [1.29, 1.82) is 0 Å². The Hall–Kier alpha value is -0.530. The fourth-order valence-corrected chi connectivity index (χ4v) is 3.20. The predicted octanol–water partition coefficient (Wildman–Crippen LogP) is 4.77. The Morgan fingerprint density at radius 1 is 1.33 bits per heavy atom. The van der Waals surface area contributed by atoms with Crippen LogP contribution in [0.3, 0.4) is 0 Å². The summed E-state index contributed by atoms with van der Waals surface area (Å²) in [5.74, 6) is 1.54. The standard InChI is InChI=1S/C16H24ClN/c1-12(2)10-18-11-13(3)7-8-16(18)14-5-4-6-15(17)9-14/h4-6,9,12-13,16H,7-8,10-11H2,1-3H3/t13-,16?/m0/s1. The van der Waals surface area contributed by atoms with E-state index in [1.807, 2.05) is 6.07 Å². The highest BCUT2D eigenvalue weighted by molar-refractivity contribution is 6.30. The number of nitrogens with zero attached hydrogens (tertiary/aromatic N) is 1. The smallest absolute Gasteiger partial charge is 0.0409 e. The van der Waals surface area contributed by atoms with Crippen LogP contribution in [0, 0.1) is 11.8 Å². The minimum atomic E-state index is 0.558. The molecule has 0 saturated carbocycles. The molecule has 0 N–H and O–H groups in total. The van der Waals surface area contributed by atoms with Crippen molar-refractivity contribution in [2.45, 2.75) is 39.7 Å². The van der Waals surface area contributed by atoms with Crippen molar-refractivity contribution in [2.75, 3.05) is 13.1 Å². The van der Waals surface area contributed by atoms with Gasteiger partial charge in [-0.15, -0.1) is 0 Å². The first-order chi connectivity index (χ1) is 8.56. The van der Waals surface area contributed by atoms with Crippen molar-refractivity contribution in [3.63, 3.8) is 0 Å². The maximum absolute atomic E-state index is 6.13. The molecule has 1 aromatic carbocycles. The minimum Gasteiger partial charge on any atom is -0.296 e. The lowest BCUT2D eigenvalue weighted by molar-refractivity contribution is 0.100. The number of hydrogen-bond acceptors (Lipinski definition) is 1. The van der Waals surface area contributed by atoms with E-state index in [4.69, 9.17) is 11.6 Å². The monoisotopic (exact) mass is 265 g/mol. The van der Waals surface area contributed by atoms with E-state index in [0.717, 1.165) is 16.9 Å². The molecule has 1 aliphatic heterocycles. The van der Waals surface area contributed by atoms with Gasteiger partial charge in [0.2, 0.25) is 0 Å². The zero-order valence-corrected chi connectivity index (χ0v) is 12.5. The molecule has 0 bridgehead atoms. The Kier molecular flexibility index (Phi) is 4.69. The van der Waals surface area contributed by atoms with E-state index in [1.165, 1.54) is 31.5 Å². The topological polar surface area (TPSA) is 3.24 Å². The van der Waals surface area contributed by atoms with Gasteiger partial charge in [-0.05, 0) is 42.4 Å². The molecule has 0 aromatic heterocycles. The first-order valence-corrected chi connectivity index (χ1v) is 7.43. The number of piperidine rings is 1. The van der Waals surface area contributed by atoms with Crippen LogP contribution in [0.2, 0.25) is 5.02 Å². The molecule has 18 heavy (non-hydrogen) atoms. The SMILES string of the molecule is CC(C)CN1C[C@@H](C)CCC1c1cccc(Cl)c1. The first-order valence-electron chi connectivity index (χ1n) is 7.05. The van der Waals surface area contributed by atoms with E-state index in [1.54, 1.807) is 0 Å². The summed E-state index contributed by atoms with van der Waals surface area (Å²) in [6, 6.07) is 8.95. The summed E-state index contributed by atoms with van der Waals surface area (Å²) in [6.07, 6.45) is 2.58. The Labute approximate surface area is 116 Å². The molecule has 1 nitrogen and oxygen atoms in total. The minimum absolute atomic E-state index is 0.558. The van der Waals surface area contributed by atoms with Gasteiger partial charge < -0.3 is 0 Å². The van der Waals surface area contributed by atoms with Crippen LogP contribution in [-0.4, -0.2) is 18.0 Å². The van der Waals surface area contributed by atoms with Gasteiger partial charge in [-0.3, -0.25) is 4.90 Å². The van der Waals surface area contributed by atoms with Crippen LogP contribution >= 0.6 is 11.6 Å². The van der Waals surface area contributed by atoms with Gasteiger partial charge in [-0.1, -0.05) is 44.5 Å². The van der Waals surface area contributed by atoms with Crippen LogP contribution in [0.1, 0.15) is 45.2 Å². The van der Waals surface area contributed by atoms with E-state index in [2.05, 4.69) is 43.9 Å². The number of benzene rings is 1. The van der Waals surface area contributed by atoms with Crippen LogP contribution in [0.5, 0.6) is 0 Å². The summed E-state index contributed by atoms with van der Waals surface area (Å²) in [5, 5.41) is 0.857. The van der Waals surface area contributed by atoms with Crippen molar-refractivity contribution in [1.82, 2.24) is 4.90 Å². The zero-order chi connectivity index (χ0) is 13.1. The van der Waals surface area contributed by atoms with E-state index in [0.29, 0.717) is 6.04 Å². The van der Waals surface area contributed by atoms with Gasteiger partial charge in [0.1, 0.15) is 0 Å². The van der Waals surface area contributed by atoms with Crippen molar-refractivity contribution in [3.8, 4) is 0 Å². The molecule has 1 heterocycles. The van der Waals surface area contributed by atoms with E-state index < -0.39 is 0 Å². The number of hydrogen-bond donors (Lipinski definition) is 0. The molecule has 1 fully saturated rings. The van der Waals surface area contributed by atoms with Gasteiger partial charge in [-0.25, -0.2) is 0 Å². The molecule has 0 aliphatic carbocycles. The molecule has 2 heteroatoms. The quantitative estimate of drug-likeness (QED) is 0.761. The van der Waals surface area contributed by atoms with Gasteiger partial charge in [0.15, 0.2) is 0 Å². The van der Waals surface area contributed by atoms with Gasteiger partial charge >= 0.3 is 0 Å². The molecule has 1 aliphatic rings. The lowest BCUT2D eigenvalue weighted by Gasteiger charge is -2.40. The van der Waals surface area contributed by atoms with E-state index in [-0.39, 0.29) is 0 Å². The molecular weight excluding hydrogens is 242 g/mol. The largest absolute Gasteiger partial charge is 0.296 e. The number of halogens is 1. The Morgan fingerprint density at radius 3 is 2.78 bits per heavy atom. The Bertz CT molecular complexity index is 386. The van der Waals surface area contributed by atoms with Crippen LogP contribution in [-0.2, 0) is 0 Å². The van der Waals surface area contributed by atoms with Crippen LogP contribution in [0.4, 0.5) is 0 Å². The Balaban J connectivity index is 2.17. The second-order valence-corrected chi connectivity index (χ2v) is 6.54. The molecule has 0 spiro atoms. The first kappa shape index (κ1) is 13.9. The molecule has 0 radical (unpaired) electrons. The maximum Gasteiger partial charge on any atom is 0.0409 e. The number of likely N-dealkylation sites (tertiary alicyclic amines) is 1. The van der Waals surface area contributed by atoms with E-state index in [9.17, 15) is 0 Å². The van der Waals surface area contributed by atoms with Crippen LogP contribution in [0.25, 0.3) is 0 Å². The van der Waals surface area contributed by atoms with Crippen molar-refractivity contribution < 1.29 is 0 Å². The second-order valence-electron chi connectivity index (χ2n) is 6.10. The molecule has 1 saturated heterocycles. The highest BCUT2D eigenvalue weighted by Gasteiger charge is 2.27.